The first-order valence-corrected chi connectivity index (χ1v) is 13.0. The number of nitrogens with zero attached hydrogens (tertiary/aromatic N) is 4. The first kappa shape index (κ1) is 25.6. The molecule has 5 rings (SSSR count). The van der Waals surface area contributed by atoms with Crippen LogP contribution in [0.3, 0.4) is 0 Å². The minimum absolute atomic E-state index is 0.347. The van der Waals surface area contributed by atoms with Crippen LogP contribution in [-0.4, -0.2) is 26.9 Å². The molecule has 2 N–H and O–H groups in total. The van der Waals surface area contributed by atoms with E-state index in [1.165, 1.54) is 0 Å². The van der Waals surface area contributed by atoms with E-state index < -0.39 is 0 Å². The standard InChI is InChI=1S/C29H26Cl2N6O/c1-2-15-36(18-20-6-8-22(30)9-7-20)28-27-32-14-16-37(27)19-26(35-28)21-4-3-5-25(17-21)34-29(38)33-24-12-10-23(31)11-13-24/h3-14,16-17,19H,2,15,18H2,1H3,(H2,33,34,38). The summed E-state index contributed by atoms with van der Waals surface area (Å²) in [7, 11) is 0. The number of imidazole rings is 1. The lowest BCUT2D eigenvalue weighted by molar-refractivity contribution is 0.262. The second kappa shape index (κ2) is 11.5. The van der Waals surface area contributed by atoms with E-state index in [4.69, 9.17) is 28.2 Å². The summed E-state index contributed by atoms with van der Waals surface area (Å²) in [6.45, 7) is 3.64. The molecule has 0 unspecified atom stereocenters. The minimum Gasteiger partial charge on any atom is -0.349 e. The minimum atomic E-state index is -0.347. The number of carbonyl (C=O) groups is 1. The fourth-order valence-electron chi connectivity index (χ4n) is 4.19. The van der Waals surface area contributed by atoms with E-state index in [0.717, 1.165) is 41.3 Å². The lowest BCUT2D eigenvalue weighted by Gasteiger charge is -2.24. The van der Waals surface area contributed by atoms with E-state index in [9.17, 15) is 4.79 Å². The van der Waals surface area contributed by atoms with Gasteiger partial charge in [-0.2, -0.15) is 0 Å². The lowest BCUT2D eigenvalue weighted by atomic mass is 10.1. The Labute approximate surface area is 231 Å². The molecule has 2 aromatic heterocycles. The Morgan fingerprint density at radius 2 is 1.66 bits per heavy atom. The number of carbonyl (C=O) groups excluding carboxylic acids is 1. The number of urea groups is 1. The van der Waals surface area contributed by atoms with Crippen molar-refractivity contribution < 1.29 is 4.79 Å². The van der Waals surface area contributed by atoms with Crippen LogP contribution in [0.5, 0.6) is 0 Å². The smallest absolute Gasteiger partial charge is 0.323 e. The van der Waals surface area contributed by atoms with E-state index in [1.807, 2.05) is 65.3 Å². The number of benzene rings is 3. The van der Waals surface area contributed by atoms with E-state index in [1.54, 1.807) is 30.5 Å². The molecule has 5 aromatic rings. The molecule has 7 nitrogen and oxygen atoms in total. The van der Waals surface area contributed by atoms with Crippen molar-refractivity contribution in [3.05, 3.63) is 107 Å². The topological polar surface area (TPSA) is 74.6 Å². The molecule has 0 aliphatic carbocycles. The normalized spacial score (nSPS) is 10.9. The molecule has 0 atom stereocenters. The third-order valence-corrected chi connectivity index (χ3v) is 6.46. The maximum Gasteiger partial charge on any atom is 0.323 e. The Morgan fingerprint density at radius 3 is 2.39 bits per heavy atom. The average molecular weight is 545 g/mol. The zero-order valence-corrected chi connectivity index (χ0v) is 22.2. The fourth-order valence-corrected chi connectivity index (χ4v) is 4.44. The molecule has 192 valence electrons. The SMILES string of the molecule is CCCN(Cc1ccc(Cl)cc1)c1nc(-c2cccc(NC(=O)Nc3ccc(Cl)cc3)c2)cn2ccnc12. The highest BCUT2D eigenvalue weighted by atomic mass is 35.5. The summed E-state index contributed by atoms with van der Waals surface area (Å²) in [6.07, 6.45) is 6.59. The number of nitrogens with one attached hydrogen (secondary N) is 2. The van der Waals surface area contributed by atoms with E-state index >= 15 is 0 Å². The van der Waals surface area contributed by atoms with Gasteiger partial charge in [-0.25, -0.2) is 14.8 Å². The predicted molar refractivity (Wildman–Crippen MR) is 155 cm³/mol. The van der Waals surface area contributed by atoms with Crippen molar-refractivity contribution in [2.24, 2.45) is 0 Å². The van der Waals surface area contributed by atoms with Crippen LogP contribution in [0.1, 0.15) is 18.9 Å². The van der Waals surface area contributed by atoms with Gasteiger partial charge in [0.2, 0.25) is 0 Å². The number of aromatic nitrogens is 3. The summed E-state index contributed by atoms with van der Waals surface area (Å²) < 4.78 is 1.98. The number of hydrogen-bond donors (Lipinski definition) is 2. The highest BCUT2D eigenvalue weighted by Crippen LogP contribution is 2.28. The van der Waals surface area contributed by atoms with Crippen LogP contribution in [0.4, 0.5) is 22.0 Å². The highest BCUT2D eigenvalue weighted by Gasteiger charge is 2.16. The lowest BCUT2D eigenvalue weighted by Crippen LogP contribution is -2.25. The van der Waals surface area contributed by atoms with Crippen LogP contribution < -0.4 is 15.5 Å². The second-order valence-electron chi connectivity index (χ2n) is 8.82. The Balaban J connectivity index is 1.43. The highest BCUT2D eigenvalue weighted by molar-refractivity contribution is 6.30. The van der Waals surface area contributed by atoms with Crippen molar-refractivity contribution in [3.63, 3.8) is 0 Å². The summed E-state index contributed by atoms with van der Waals surface area (Å²) in [5.74, 6) is 0.795. The summed E-state index contributed by atoms with van der Waals surface area (Å²) in [6, 6.07) is 22.1. The summed E-state index contributed by atoms with van der Waals surface area (Å²) in [5, 5.41) is 7.02. The maximum absolute atomic E-state index is 12.6. The van der Waals surface area contributed by atoms with Crippen molar-refractivity contribution >= 4 is 52.1 Å². The van der Waals surface area contributed by atoms with Crippen LogP contribution in [0, 0.1) is 0 Å². The Bertz CT molecular complexity index is 1550. The molecular weight excluding hydrogens is 519 g/mol. The molecule has 0 aliphatic rings. The van der Waals surface area contributed by atoms with Crippen molar-refractivity contribution in [3.8, 4) is 11.3 Å². The molecule has 0 bridgehead atoms. The Kier molecular flexibility index (Phi) is 7.77. The van der Waals surface area contributed by atoms with Gasteiger partial charge in [0, 0.05) is 58.7 Å². The van der Waals surface area contributed by atoms with Gasteiger partial charge < -0.3 is 19.9 Å². The van der Waals surface area contributed by atoms with Crippen LogP contribution in [0.2, 0.25) is 10.0 Å². The number of fused-ring (bicyclic) bond motifs is 1. The predicted octanol–water partition coefficient (Wildman–Crippen LogP) is 7.76. The third-order valence-electron chi connectivity index (χ3n) is 5.95. The van der Waals surface area contributed by atoms with Gasteiger partial charge in [0.15, 0.2) is 11.5 Å². The van der Waals surface area contributed by atoms with Gasteiger partial charge in [0.05, 0.1) is 5.69 Å². The Hall–Kier alpha value is -4.07. The number of anilines is 3. The van der Waals surface area contributed by atoms with Crippen LogP contribution in [0.25, 0.3) is 16.9 Å². The number of halogens is 2. The van der Waals surface area contributed by atoms with Crippen molar-refractivity contribution in [1.82, 2.24) is 14.4 Å². The first-order valence-electron chi connectivity index (χ1n) is 12.3. The van der Waals surface area contributed by atoms with Gasteiger partial charge in [-0.1, -0.05) is 54.4 Å². The van der Waals surface area contributed by atoms with Gasteiger partial charge in [-0.15, -0.1) is 0 Å². The molecule has 38 heavy (non-hydrogen) atoms. The van der Waals surface area contributed by atoms with Gasteiger partial charge in [-0.05, 0) is 60.5 Å². The third kappa shape index (κ3) is 6.07. The zero-order valence-electron chi connectivity index (χ0n) is 20.7. The second-order valence-corrected chi connectivity index (χ2v) is 9.70. The maximum atomic E-state index is 12.6. The van der Waals surface area contributed by atoms with E-state index in [0.29, 0.717) is 28.0 Å². The molecule has 2 heterocycles. The fraction of sp³-hybridized carbons (Fsp3) is 0.138. The van der Waals surface area contributed by atoms with Gasteiger partial charge >= 0.3 is 6.03 Å². The molecule has 0 spiro atoms. The van der Waals surface area contributed by atoms with Crippen molar-refractivity contribution in [2.75, 3.05) is 22.1 Å². The molecule has 0 fully saturated rings. The first-order chi connectivity index (χ1) is 18.5. The largest absolute Gasteiger partial charge is 0.349 e. The van der Waals surface area contributed by atoms with Gasteiger partial charge in [0.1, 0.15) is 0 Å². The van der Waals surface area contributed by atoms with Crippen LogP contribution in [0.15, 0.2) is 91.4 Å². The van der Waals surface area contributed by atoms with Crippen LogP contribution in [-0.2, 0) is 6.54 Å². The van der Waals surface area contributed by atoms with Crippen molar-refractivity contribution in [2.45, 2.75) is 19.9 Å². The Morgan fingerprint density at radius 1 is 0.947 bits per heavy atom. The molecule has 0 saturated heterocycles. The van der Waals surface area contributed by atoms with Gasteiger partial charge in [-0.3, -0.25) is 0 Å². The summed E-state index contributed by atoms with van der Waals surface area (Å²) in [4.78, 5) is 24.4. The van der Waals surface area contributed by atoms with Crippen LogP contribution >= 0.6 is 23.2 Å². The summed E-state index contributed by atoms with van der Waals surface area (Å²) >= 11 is 12.0. The van der Waals surface area contributed by atoms with E-state index in [2.05, 4.69) is 27.4 Å². The number of amides is 2. The molecule has 9 heteroatoms. The molecule has 0 aliphatic heterocycles. The average Bonchev–Trinajstić information content (AvgIpc) is 3.39. The monoisotopic (exact) mass is 544 g/mol. The molecule has 3 aromatic carbocycles. The molecule has 0 saturated carbocycles. The van der Waals surface area contributed by atoms with E-state index in [-0.39, 0.29) is 6.03 Å². The van der Waals surface area contributed by atoms with Crippen molar-refractivity contribution in [1.29, 1.82) is 0 Å². The number of rotatable bonds is 8. The zero-order chi connectivity index (χ0) is 26.5. The summed E-state index contributed by atoms with van der Waals surface area (Å²) in [5.41, 5.74) is 4.86. The quantitative estimate of drug-likeness (QED) is 0.209. The number of hydrogen-bond acceptors (Lipinski definition) is 4. The molecule has 0 radical (unpaired) electrons. The van der Waals surface area contributed by atoms with Gasteiger partial charge in [0.25, 0.3) is 0 Å². The molecular formula is C29H26Cl2N6O. The molecule has 2 amide bonds.